The number of likely N-dealkylation sites (N-methyl/N-ethyl adjacent to an activating group) is 1. The van der Waals surface area contributed by atoms with E-state index >= 15 is 0 Å². The van der Waals surface area contributed by atoms with Crippen LogP contribution in [0.5, 0.6) is 0 Å². The number of amides is 1. The smallest absolute Gasteiger partial charge is 0.283 e. The predicted molar refractivity (Wildman–Crippen MR) is 92.6 cm³/mol. The third-order valence-electron chi connectivity index (χ3n) is 3.82. The molecule has 0 fully saturated rings. The van der Waals surface area contributed by atoms with Crippen molar-refractivity contribution in [3.8, 4) is 11.1 Å². The molecule has 0 aliphatic carbocycles. The molecule has 0 aliphatic heterocycles. The largest absolute Gasteiger partial charge is 0.314 e. The topological polar surface area (TPSA) is 49.7 Å². The van der Waals surface area contributed by atoms with Gasteiger partial charge in [-0.1, -0.05) is 48.9 Å². The second kappa shape index (κ2) is 7.01. The van der Waals surface area contributed by atoms with Gasteiger partial charge in [-0.05, 0) is 36.1 Å². The van der Waals surface area contributed by atoms with Crippen molar-refractivity contribution in [1.82, 2.24) is 5.01 Å². The van der Waals surface area contributed by atoms with Gasteiger partial charge in [-0.25, -0.2) is 5.01 Å². The van der Waals surface area contributed by atoms with Gasteiger partial charge in [0.2, 0.25) is 0 Å². The van der Waals surface area contributed by atoms with Gasteiger partial charge in [-0.2, -0.15) is 5.10 Å². The molecule has 4 nitrogen and oxygen atoms in total. The fraction of sp³-hybridized carbons (Fsp3) is 0.211. The highest BCUT2D eigenvalue weighted by molar-refractivity contribution is 6.43. The molecule has 23 heavy (non-hydrogen) atoms. The van der Waals surface area contributed by atoms with E-state index in [2.05, 4.69) is 11.8 Å². The Balaban J connectivity index is 2.47. The molecule has 4 heteroatoms. The van der Waals surface area contributed by atoms with Crippen LogP contribution in [0.3, 0.4) is 0 Å². The van der Waals surface area contributed by atoms with Crippen LogP contribution in [-0.2, 0) is 11.2 Å². The predicted octanol–water partition coefficient (Wildman–Crippen LogP) is 3.48. The van der Waals surface area contributed by atoms with Gasteiger partial charge in [0.1, 0.15) is 0 Å². The maximum atomic E-state index is 12.5. The molecule has 0 atom stereocenters. The zero-order valence-electron chi connectivity index (χ0n) is 13.7. The number of carbonyl (C=O) groups excluding carboxylic acids is 2. The van der Waals surface area contributed by atoms with Gasteiger partial charge in [-0.15, -0.1) is 0 Å². The minimum absolute atomic E-state index is 0.422. The normalized spacial score (nSPS) is 10.2. The van der Waals surface area contributed by atoms with Crippen LogP contribution in [0.4, 0.5) is 0 Å². The van der Waals surface area contributed by atoms with Crippen LogP contribution in [0.2, 0.25) is 0 Å². The Kier molecular flexibility index (Phi) is 5.06. The highest BCUT2D eigenvalue weighted by atomic mass is 16.2. The van der Waals surface area contributed by atoms with E-state index in [9.17, 15) is 9.59 Å². The highest BCUT2D eigenvalue weighted by Crippen LogP contribution is 2.24. The molecule has 2 aromatic rings. The first-order valence-corrected chi connectivity index (χ1v) is 7.47. The Hall–Kier alpha value is -2.75. The van der Waals surface area contributed by atoms with Crippen molar-refractivity contribution in [3.63, 3.8) is 0 Å². The Morgan fingerprint density at radius 3 is 2.26 bits per heavy atom. The van der Waals surface area contributed by atoms with E-state index in [0.29, 0.717) is 12.0 Å². The molecule has 0 heterocycles. The fourth-order valence-electron chi connectivity index (χ4n) is 2.35. The molecule has 0 bridgehead atoms. The summed E-state index contributed by atoms with van der Waals surface area (Å²) < 4.78 is 0. The number of ketones is 1. The molecule has 0 spiro atoms. The molecular weight excluding hydrogens is 288 g/mol. The summed E-state index contributed by atoms with van der Waals surface area (Å²) in [7, 11) is 1.42. The summed E-state index contributed by atoms with van der Waals surface area (Å²) in [6.45, 7) is 7.26. The third-order valence-corrected chi connectivity index (χ3v) is 3.82. The molecule has 0 aromatic heterocycles. The Bertz CT molecular complexity index is 748. The number of nitrogens with zero attached hydrogens (tertiary/aromatic N) is 2. The van der Waals surface area contributed by atoms with Crippen LogP contribution in [0.25, 0.3) is 11.1 Å². The van der Waals surface area contributed by atoms with Crippen LogP contribution in [0.1, 0.15) is 28.4 Å². The summed E-state index contributed by atoms with van der Waals surface area (Å²) in [4.78, 5) is 24.6. The summed E-state index contributed by atoms with van der Waals surface area (Å²) in [5, 5.41) is 4.45. The lowest BCUT2D eigenvalue weighted by atomic mass is 9.95. The van der Waals surface area contributed by atoms with Gasteiger partial charge < -0.3 is 0 Å². The average Bonchev–Trinajstić information content (AvgIpc) is 2.59. The molecule has 1 amide bonds. The quantitative estimate of drug-likeness (QED) is 0.367. The van der Waals surface area contributed by atoms with E-state index in [1.165, 1.54) is 12.6 Å². The van der Waals surface area contributed by atoms with Crippen LogP contribution in [0, 0.1) is 6.92 Å². The average molecular weight is 308 g/mol. The van der Waals surface area contributed by atoms with E-state index in [4.69, 9.17) is 0 Å². The summed E-state index contributed by atoms with van der Waals surface area (Å²) >= 11 is 0. The van der Waals surface area contributed by atoms with Crippen LogP contribution in [-0.4, -0.2) is 30.5 Å². The maximum absolute atomic E-state index is 12.5. The van der Waals surface area contributed by atoms with Crippen molar-refractivity contribution in [2.24, 2.45) is 5.10 Å². The van der Waals surface area contributed by atoms with E-state index < -0.39 is 11.7 Å². The lowest BCUT2D eigenvalue weighted by Crippen LogP contribution is -2.29. The first kappa shape index (κ1) is 16.6. The van der Waals surface area contributed by atoms with Gasteiger partial charge in [0, 0.05) is 19.3 Å². The highest BCUT2D eigenvalue weighted by Gasteiger charge is 2.22. The zero-order valence-corrected chi connectivity index (χ0v) is 13.7. The molecule has 0 radical (unpaired) electrons. The number of hydrogen-bond acceptors (Lipinski definition) is 3. The second-order valence-corrected chi connectivity index (χ2v) is 5.39. The maximum Gasteiger partial charge on any atom is 0.314 e. The van der Waals surface area contributed by atoms with Crippen molar-refractivity contribution in [2.45, 2.75) is 20.3 Å². The number of hydrogen-bond donors (Lipinski definition) is 0. The van der Waals surface area contributed by atoms with Crippen LogP contribution < -0.4 is 0 Å². The molecule has 0 unspecified atom stereocenters. The lowest BCUT2D eigenvalue weighted by molar-refractivity contribution is -0.125. The molecule has 2 aromatic carbocycles. The summed E-state index contributed by atoms with van der Waals surface area (Å²) in [5.41, 5.74) is 4.36. The molecule has 0 aliphatic rings. The summed E-state index contributed by atoms with van der Waals surface area (Å²) in [6.07, 6.45) is 0.674. The fourth-order valence-corrected chi connectivity index (χ4v) is 2.35. The van der Waals surface area contributed by atoms with Gasteiger partial charge in [0.25, 0.3) is 5.78 Å². The van der Waals surface area contributed by atoms with E-state index in [1.807, 2.05) is 50.2 Å². The van der Waals surface area contributed by atoms with Crippen LogP contribution >= 0.6 is 0 Å². The number of carbonyl (C=O) groups is 2. The minimum Gasteiger partial charge on any atom is -0.283 e. The van der Waals surface area contributed by atoms with Crippen LogP contribution in [0.15, 0.2) is 47.6 Å². The molecule has 0 N–H and O–H groups in total. The molecule has 0 saturated carbocycles. The van der Waals surface area contributed by atoms with Gasteiger partial charge in [0.15, 0.2) is 0 Å². The Morgan fingerprint density at radius 1 is 1.09 bits per heavy atom. The molecular formula is C19H20N2O2. The monoisotopic (exact) mass is 308 g/mol. The van der Waals surface area contributed by atoms with Crippen molar-refractivity contribution < 1.29 is 9.59 Å². The van der Waals surface area contributed by atoms with E-state index in [-0.39, 0.29) is 0 Å². The number of Topliss-reactive ketones (excluding diaryl/α,β-unsaturated/α-hetero) is 1. The van der Waals surface area contributed by atoms with Crippen molar-refractivity contribution >= 4 is 18.4 Å². The van der Waals surface area contributed by atoms with E-state index in [0.717, 1.165) is 21.7 Å². The Labute approximate surface area is 136 Å². The molecule has 0 saturated heterocycles. The van der Waals surface area contributed by atoms with Crippen molar-refractivity contribution in [1.29, 1.82) is 0 Å². The summed E-state index contributed by atoms with van der Waals surface area (Å²) in [5.74, 6) is -1.25. The molecule has 2 rings (SSSR count). The van der Waals surface area contributed by atoms with Gasteiger partial charge in [-0.3, -0.25) is 9.59 Å². The Morgan fingerprint density at radius 2 is 1.70 bits per heavy atom. The SMILES string of the molecule is C=NN(C)C(=O)C(=O)c1cc(-c2ccc(C)cc2)ccc1CC. The van der Waals surface area contributed by atoms with E-state index in [1.54, 1.807) is 6.07 Å². The number of benzene rings is 2. The van der Waals surface area contributed by atoms with Gasteiger partial charge in [0.05, 0.1) is 0 Å². The molecule has 118 valence electrons. The standard InChI is InChI=1S/C19H20N2O2/c1-5-14-10-11-16(15-8-6-13(2)7-9-15)12-17(14)18(22)19(23)21(4)20-3/h6-12H,3,5H2,1-2,4H3. The number of rotatable bonds is 5. The second-order valence-electron chi connectivity index (χ2n) is 5.39. The zero-order chi connectivity index (χ0) is 17.0. The van der Waals surface area contributed by atoms with Gasteiger partial charge >= 0.3 is 5.91 Å². The number of aryl methyl sites for hydroxylation is 2. The third kappa shape index (κ3) is 3.54. The lowest BCUT2D eigenvalue weighted by Gasteiger charge is -2.13. The first-order valence-electron chi connectivity index (χ1n) is 7.47. The first-order chi connectivity index (χ1) is 11.0. The van der Waals surface area contributed by atoms with Crippen molar-refractivity contribution in [3.05, 3.63) is 59.2 Å². The minimum atomic E-state index is -0.684. The summed E-state index contributed by atoms with van der Waals surface area (Å²) in [6, 6.07) is 13.7. The number of hydrazone groups is 1. The van der Waals surface area contributed by atoms with Crippen molar-refractivity contribution in [2.75, 3.05) is 7.05 Å².